The SMILES string of the molecule is CNCCc1cc2cncnn2c1. The van der Waals surface area contributed by atoms with Crippen LogP contribution in [0.3, 0.4) is 0 Å². The summed E-state index contributed by atoms with van der Waals surface area (Å²) in [6.45, 7) is 0.990. The van der Waals surface area contributed by atoms with E-state index >= 15 is 0 Å². The summed E-state index contributed by atoms with van der Waals surface area (Å²) < 4.78 is 1.85. The van der Waals surface area contributed by atoms with Gasteiger partial charge in [0.15, 0.2) is 0 Å². The van der Waals surface area contributed by atoms with Gasteiger partial charge in [0.2, 0.25) is 0 Å². The predicted octanol–water partition coefficient (Wildman–Crippen LogP) is 0.491. The summed E-state index contributed by atoms with van der Waals surface area (Å²) in [5, 5.41) is 7.21. The topological polar surface area (TPSA) is 42.2 Å². The lowest BCUT2D eigenvalue weighted by molar-refractivity contribution is 0.789. The fourth-order valence-electron chi connectivity index (χ4n) is 1.32. The van der Waals surface area contributed by atoms with Crippen molar-refractivity contribution in [3.63, 3.8) is 0 Å². The molecule has 2 heterocycles. The first-order valence-corrected chi connectivity index (χ1v) is 4.32. The van der Waals surface area contributed by atoms with Gasteiger partial charge in [0.1, 0.15) is 6.33 Å². The Kier molecular flexibility index (Phi) is 2.23. The van der Waals surface area contributed by atoms with Gasteiger partial charge in [0.25, 0.3) is 0 Å². The first-order valence-electron chi connectivity index (χ1n) is 4.32. The Morgan fingerprint density at radius 3 is 3.23 bits per heavy atom. The summed E-state index contributed by atoms with van der Waals surface area (Å²) >= 11 is 0. The average Bonchev–Trinajstić information content (AvgIpc) is 2.57. The minimum Gasteiger partial charge on any atom is -0.319 e. The molecule has 0 amide bonds. The van der Waals surface area contributed by atoms with Crippen LogP contribution in [-0.2, 0) is 6.42 Å². The van der Waals surface area contributed by atoms with Crippen LogP contribution in [-0.4, -0.2) is 28.2 Å². The molecule has 1 N–H and O–H groups in total. The van der Waals surface area contributed by atoms with E-state index < -0.39 is 0 Å². The van der Waals surface area contributed by atoms with E-state index in [2.05, 4.69) is 21.5 Å². The molecule has 2 aromatic rings. The molecular formula is C9H12N4. The number of aromatic nitrogens is 3. The molecule has 0 fully saturated rings. The fraction of sp³-hybridized carbons (Fsp3) is 0.333. The molecule has 4 heteroatoms. The second-order valence-corrected chi connectivity index (χ2v) is 2.98. The van der Waals surface area contributed by atoms with Crippen LogP contribution in [0.25, 0.3) is 5.52 Å². The zero-order valence-electron chi connectivity index (χ0n) is 7.57. The molecule has 2 aromatic heterocycles. The Bertz CT molecular complexity index is 360. The third-order valence-corrected chi connectivity index (χ3v) is 2.00. The highest BCUT2D eigenvalue weighted by atomic mass is 15.2. The van der Waals surface area contributed by atoms with Crippen molar-refractivity contribution in [1.29, 1.82) is 0 Å². The Labute approximate surface area is 76.6 Å². The molecule has 0 radical (unpaired) electrons. The largest absolute Gasteiger partial charge is 0.319 e. The molecule has 0 aliphatic heterocycles. The van der Waals surface area contributed by atoms with Gasteiger partial charge >= 0.3 is 0 Å². The van der Waals surface area contributed by atoms with E-state index in [9.17, 15) is 0 Å². The monoisotopic (exact) mass is 176 g/mol. The van der Waals surface area contributed by atoms with E-state index in [0.717, 1.165) is 18.5 Å². The molecular weight excluding hydrogens is 164 g/mol. The molecule has 2 rings (SSSR count). The minimum absolute atomic E-state index is 0.990. The van der Waals surface area contributed by atoms with Crippen molar-refractivity contribution in [2.24, 2.45) is 0 Å². The van der Waals surface area contributed by atoms with Gasteiger partial charge in [-0.25, -0.2) is 9.50 Å². The van der Waals surface area contributed by atoms with Crippen LogP contribution in [0.2, 0.25) is 0 Å². The van der Waals surface area contributed by atoms with Crippen LogP contribution in [0.4, 0.5) is 0 Å². The van der Waals surface area contributed by atoms with Gasteiger partial charge in [-0.05, 0) is 31.6 Å². The maximum atomic E-state index is 4.10. The van der Waals surface area contributed by atoms with Crippen molar-refractivity contribution in [2.45, 2.75) is 6.42 Å². The van der Waals surface area contributed by atoms with Gasteiger partial charge in [0, 0.05) is 6.20 Å². The number of hydrogen-bond donors (Lipinski definition) is 1. The zero-order chi connectivity index (χ0) is 9.10. The standard InChI is InChI=1S/C9H12N4/c1-10-3-2-8-4-9-5-11-7-12-13(9)6-8/h4-7,10H,2-3H2,1H3. The predicted molar refractivity (Wildman–Crippen MR) is 50.6 cm³/mol. The highest BCUT2D eigenvalue weighted by Gasteiger charge is 1.98. The lowest BCUT2D eigenvalue weighted by Gasteiger charge is -1.93. The van der Waals surface area contributed by atoms with Crippen LogP contribution >= 0.6 is 0 Å². The summed E-state index contributed by atoms with van der Waals surface area (Å²) in [7, 11) is 1.95. The maximum absolute atomic E-state index is 4.10. The molecule has 0 bridgehead atoms. The summed E-state index contributed by atoms with van der Waals surface area (Å²) in [6.07, 6.45) is 6.43. The van der Waals surface area contributed by atoms with Gasteiger partial charge < -0.3 is 5.32 Å². The van der Waals surface area contributed by atoms with Crippen LogP contribution in [0.1, 0.15) is 5.56 Å². The second-order valence-electron chi connectivity index (χ2n) is 2.98. The number of rotatable bonds is 3. The smallest absolute Gasteiger partial charge is 0.136 e. The summed E-state index contributed by atoms with van der Waals surface area (Å²) in [4.78, 5) is 3.96. The van der Waals surface area contributed by atoms with Crippen LogP contribution in [0.15, 0.2) is 24.8 Å². The van der Waals surface area contributed by atoms with E-state index in [1.807, 2.05) is 24.0 Å². The maximum Gasteiger partial charge on any atom is 0.136 e. The lowest BCUT2D eigenvalue weighted by Crippen LogP contribution is -2.09. The van der Waals surface area contributed by atoms with Gasteiger partial charge in [-0.15, -0.1) is 0 Å². The molecule has 0 atom stereocenters. The van der Waals surface area contributed by atoms with Gasteiger partial charge in [-0.2, -0.15) is 5.10 Å². The molecule has 68 valence electrons. The number of fused-ring (bicyclic) bond motifs is 1. The molecule has 0 saturated carbocycles. The fourth-order valence-corrected chi connectivity index (χ4v) is 1.32. The number of hydrogen-bond acceptors (Lipinski definition) is 3. The zero-order valence-corrected chi connectivity index (χ0v) is 7.57. The summed E-state index contributed by atoms with van der Waals surface area (Å²) in [5.74, 6) is 0. The molecule has 0 unspecified atom stereocenters. The molecule has 0 aliphatic carbocycles. The molecule has 0 aliphatic rings. The highest BCUT2D eigenvalue weighted by molar-refractivity contribution is 5.46. The van der Waals surface area contributed by atoms with Crippen LogP contribution in [0, 0.1) is 0 Å². The third-order valence-electron chi connectivity index (χ3n) is 2.00. The van der Waals surface area contributed by atoms with Crippen molar-refractivity contribution in [1.82, 2.24) is 19.9 Å². The Balaban J connectivity index is 2.28. The minimum atomic E-state index is 0.990. The van der Waals surface area contributed by atoms with Crippen LogP contribution in [0.5, 0.6) is 0 Å². The summed E-state index contributed by atoms with van der Waals surface area (Å²) in [6, 6.07) is 2.11. The average molecular weight is 176 g/mol. The highest BCUT2D eigenvalue weighted by Crippen LogP contribution is 2.06. The van der Waals surface area contributed by atoms with E-state index in [-0.39, 0.29) is 0 Å². The molecule has 0 aromatic carbocycles. The van der Waals surface area contributed by atoms with Gasteiger partial charge in [-0.1, -0.05) is 0 Å². The van der Waals surface area contributed by atoms with Crippen molar-refractivity contribution < 1.29 is 0 Å². The van der Waals surface area contributed by atoms with Gasteiger partial charge in [0.05, 0.1) is 11.7 Å². The third kappa shape index (κ3) is 1.67. The molecule has 0 spiro atoms. The van der Waals surface area contributed by atoms with E-state index in [4.69, 9.17) is 0 Å². The Hall–Kier alpha value is -1.42. The quantitative estimate of drug-likeness (QED) is 0.740. The number of nitrogens with zero attached hydrogens (tertiary/aromatic N) is 3. The Morgan fingerprint density at radius 1 is 1.54 bits per heavy atom. The second kappa shape index (κ2) is 3.53. The number of likely N-dealkylation sites (N-methyl/N-ethyl adjacent to an activating group) is 1. The normalized spacial score (nSPS) is 10.8. The Morgan fingerprint density at radius 2 is 2.46 bits per heavy atom. The summed E-state index contributed by atoms with van der Waals surface area (Å²) in [5.41, 5.74) is 2.34. The molecule has 4 nitrogen and oxygen atoms in total. The van der Waals surface area contributed by atoms with Crippen molar-refractivity contribution in [3.8, 4) is 0 Å². The first-order chi connectivity index (χ1) is 6.40. The van der Waals surface area contributed by atoms with Crippen LogP contribution < -0.4 is 5.32 Å². The number of nitrogens with one attached hydrogen (secondary N) is 1. The van der Waals surface area contributed by atoms with Crippen molar-refractivity contribution >= 4 is 5.52 Å². The molecule has 13 heavy (non-hydrogen) atoms. The van der Waals surface area contributed by atoms with E-state index in [1.165, 1.54) is 5.56 Å². The van der Waals surface area contributed by atoms with E-state index in [1.54, 1.807) is 6.33 Å². The van der Waals surface area contributed by atoms with Crippen molar-refractivity contribution in [2.75, 3.05) is 13.6 Å². The van der Waals surface area contributed by atoms with Gasteiger partial charge in [-0.3, -0.25) is 0 Å². The van der Waals surface area contributed by atoms with E-state index in [0.29, 0.717) is 0 Å². The van der Waals surface area contributed by atoms with Crippen molar-refractivity contribution in [3.05, 3.63) is 30.4 Å². The molecule has 0 saturated heterocycles. The lowest BCUT2D eigenvalue weighted by atomic mass is 10.2. The first kappa shape index (κ1) is 8.19.